The fraction of sp³-hybridized carbons (Fsp3) is 0.143. The largest absolute Gasteiger partial charge is 0.367 e. The van der Waals surface area contributed by atoms with Gasteiger partial charge in [-0.05, 0) is 39.7 Å². The minimum atomic E-state index is -0.190. The van der Waals surface area contributed by atoms with Gasteiger partial charge in [-0.15, -0.1) is 0 Å². The Balaban J connectivity index is 2.69. The van der Waals surface area contributed by atoms with Crippen LogP contribution in [0, 0.1) is 5.82 Å². The molecule has 1 aromatic rings. The van der Waals surface area contributed by atoms with Crippen LogP contribution in [-0.4, -0.2) is 6.66 Å². The third-order valence-electron chi connectivity index (χ3n) is 1.11. The number of benzene rings is 1. The number of halogens is 1. The normalized spacial score (nSPS) is 10.6. The van der Waals surface area contributed by atoms with Crippen LogP contribution in [-0.2, 0) is 0 Å². The topological polar surface area (TPSA) is 12.0 Å². The first-order chi connectivity index (χ1) is 4.83. The second kappa shape index (κ2) is 3.52. The Morgan fingerprint density at radius 1 is 1.30 bits per heavy atom. The summed E-state index contributed by atoms with van der Waals surface area (Å²) in [5.74, 6) is -0.190. The fourth-order valence-electron chi connectivity index (χ4n) is 0.678. The van der Waals surface area contributed by atoms with Crippen LogP contribution in [0.3, 0.4) is 0 Å². The molecule has 0 fully saturated rings. The third-order valence-corrected chi connectivity index (χ3v) is 1.65. The van der Waals surface area contributed by atoms with Gasteiger partial charge < -0.3 is 5.09 Å². The number of hydrogen-bond acceptors (Lipinski definition) is 1. The lowest BCUT2D eigenvalue weighted by atomic mass is 10.3. The average molecular weight is 157 g/mol. The zero-order valence-corrected chi connectivity index (χ0v) is 6.69. The molecule has 0 heterocycles. The number of nitrogens with one attached hydrogen (secondary N) is 1. The molecule has 1 unspecified atom stereocenters. The monoisotopic (exact) mass is 157 g/mol. The Labute approximate surface area is 61.5 Å². The van der Waals surface area contributed by atoms with Crippen LogP contribution in [0.5, 0.6) is 0 Å². The van der Waals surface area contributed by atoms with Gasteiger partial charge in [0, 0.05) is 5.69 Å². The predicted molar refractivity (Wildman–Crippen MR) is 44.3 cm³/mol. The van der Waals surface area contributed by atoms with E-state index in [0.717, 1.165) is 5.69 Å². The van der Waals surface area contributed by atoms with E-state index in [1.807, 2.05) is 6.66 Å². The highest BCUT2D eigenvalue weighted by Gasteiger charge is 1.88. The second-order valence-electron chi connectivity index (χ2n) is 1.88. The summed E-state index contributed by atoms with van der Waals surface area (Å²) in [5.41, 5.74) is 0.974. The molecular formula is C7H9FNP. The van der Waals surface area contributed by atoms with Crippen molar-refractivity contribution in [2.75, 3.05) is 11.8 Å². The van der Waals surface area contributed by atoms with Gasteiger partial charge in [0.25, 0.3) is 0 Å². The smallest absolute Gasteiger partial charge is 0.123 e. The number of hydrogen-bond donors (Lipinski definition) is 1. The molecule has 0 aliphatic heterocycles. The lowest BCUT2D eigenvalue weighted by Gasteiger charge is -2.00. The van der Waals surface area contributed by atoms with Crippen LogP contribution >= 0.6 is 8.73 Å². The first-order valence-electron chi connectivity index (χ1n) is 3.01. The maximum Gasteiger partial charge on any atom is 0.123 e. The molecule has 0 aliphatic rings. The van der Waals surface area contributed by atoms with E-state index in [4.69, 9.17) is 0 Å². The molecule has 0 saturated carbocycles. The van der Waals surface area contributed by atoms with Gasteiger partial charge in [0.2, 0.25) is 0 Å². The molecule has 1 rings (SSSR count). The van der Waals surface area contributed by atoms with Crippen LogP contribution in [0.4, 0.5) is 10.1 Å². The molecule has 1 nitrogen and oxygen atoms in total. The van der Waals surface area contributed by atoms with Gasteiger partial charge in [0.1, 0.15) is 5.82 Å². The van der Waals surface area contributed by atoms with Gasteiger partial charge in [0.15, 0.2) is 0 Å². The van der Waals surface area contributed by atoms with E-state index in [9.17, 15) is 4.39 Å². The summed E-state index contributed by atoms with van der Waals surface area (Å²) in [6.45, 7) is 2.03. The summed E-state index contributed by atoms with van der Waals surface area (Å²) in [7, 11) is 0.660. The fourth-order valence-corrected chi connectivity index (χ4v) is 1.13. The Kier molecular flexibility index (Phi) is 2.64. The van der Waals surface area contributed by atoms with E-state index in [1.165, 1.54) is 12.1 Å². The highest BCUT2D eigenvalue weighted by atomic mass is 31.1. The van der Waals surface area contributed by atoms with E-state index in [1.54, 1.807) is 12.1 Å². The van der Waals surface area contributed by atoms with E-state index >= 15 is 0 Å². The molecule has 0 saturated heterocycles. The molecule has 54 valence electrons. The van der Waals surface area contributed by atoms with Crippen LogP contribution in [0.1, 0.15) is 0 Å². The van der Waals surface area contributed by atoms with Crippen LogP contribution in [0.15, 0.2) is 24.3 Å². The molecular weight excluding hydrogens is 148 g/mol. The first kappa shape index (κ1) is 7.49. The van der Waals surface area contributed by atoms with Crippen molar-refractivity contribution in [3.05, 3.63) is 30.1 Å². The van der Waals surface area contributed by atoms with Gasteiger partial charge in [0.05, 0.1) is 0 Å². The van der Waals surface area contributed by atoms with Crippen LogP contribution in [0.2, 0.25) is 0 Å². The Hall–Kier alpha value is -0.620. The predicted octanol–water partition coefficient (Wildman–Crippen LogP) is 2.46. The molecule has 1 aromatic carbocycles. The summed E-state index contributed by atoms with van der Waals surface area (Å²) in [6, 6.07) is 6.35. The summed E-state index contributed by atoms with van der Waals surface area (Å²) in [6.07, 6.45) is 0. The molecule has 1 N–H and O–H groups in total. The Morgan fingerprint density at radius 3 is 2.40 bits per heavy atom. The van der Waals surface area contributed by atoms with E-state index < -0.39 is 0 Å². The zero-order chi connectivity index (χ0) is 7.40. The molecule has 10 heavy (non-hydrogen) atoms. The zero-order valence-electron chi connectivity index (χ0n) is 5.69. The number of anilines is 1. The standard InChI is InChI=1S/C7H9FNP/c1-10-9-7-4-2-6(8)3-5-7/h2-5,9-10H,1H3. The minimum Gasteiger partial charge on any atom is -0.367 e. The highest BCUT2D eigenvalue weighted by Crippen LogP contribution is 2.13. The molecule has 0 radical (unpaired) electrons. The van der Waals surface area contributed by atoms with Gasteiger partial charge in [-0.25, -0.2) is 4.39 Å². The quantitative estimate of drug-likeness (QED) is 0.650. The van der Waals surface area contributed by atoms with Crippen molar-refractivity contribution in [2.24, 2.45) is 0 Å². The van der Waals surface area contributed by atoms with Gasteiger partial charge in [-0.3, -0.25) is 0 Å². The minimum absolute atomic E-state index is 0.190. The Morgan fingerprint density at radius 2 is 1.90 bits per heavy atom. The maximum absolute atomic E-state index is 12.3. The van der Waals surface area contributed by atoms with E-state index in [2.05, 4.69) is 5.09 Å². The van der Waals surface area contributed by atoms with Crippen molar-refractivity contribution in [3.63, 3.8) is 0 Å². The summed E-state index contributed by atoms with van der Waals surface area (Å²) in [5, 5.41) is 3.10. The van der Waals surface area contributed by atoms with Gasteiger partial charge >= 0.3 is 0 Å². The molecule has 0 bridgehead atoms. The molecule has 0 aliphatic carbocycles. The second-order valence-corrected chi connectivity index (χ2v) is 2.63. The summed E-state index contributed by atoms with van der Waals surface area (Å²) in [4.78, 5) is 0. The van der Waals surface area contributed by atoms with Gasteiger partial charge in [-0.1, -0.05) is 0 Å². The lowest BCUT2D eigenvalue weighted by Crippen LogP contribution is -1.81. The Bertz CT molecular complexity index is 197. The molecule has 0 spiro atoms. The molecule has 0 amide bonds. The lowest BCUT2D eigenvalue weighted by molar-refractivity contribution is 0.628. The highest BCUT2D eigenvalue weighted by molar-refractivity contribution is 7.38. The van der Waals surface area contributed by atoms with Crippen molar-refractivity contribution in [1.29, 1.82) is 0 Å². The number of rotatable bonds is 2. The molecule has 0 aromatic heterocycles. The third kappa shape index (κ3) is 1.96. The molecule has 3 heteroatoms. The van der Waals surface area contributed by atoms with Crippen LogP contribution < -0.4 is 5.09 Å². The maximum atomic E-state index is 12.3. The van der Waals surface area contributed by atoms with E-state index in [0.29, 0.717) is 8.73 Å². The first-order valence-corrected chi connectivity index (χ1v) is 4.51. The van der Waals surface area contributed by atoms with Crippen molar-refractivity contribution >= 4 is 14.4 Å². The van der Waals surface area contributed by atoms with Gasteiger partial charge in [-0.2, -0.15) is 0 Å². The van der Waals surface area contributed by atoms with Crippen molar-refractivity contribution in [2.45, 2.75) is 0 Å². The average Bonchev–Trinajstić information content (AvgIpc) is 1.95. The van der Waals surface area contributed by atoms with Crippen LogP contribution in [0.25, 0.3) is 0 Å². The SMILES string of the molecule is CPNc1ccc(F)cc1. The molecule has 1 atom stereocenters. The van der Waals surface area contributed by atoms with E-state index in [-0.39, 0.29) is 5.82 Å². The summed E-state index contributed by atoms with van der Waals surface area (Å²) < 4.78 is 12.3. The summed E-state index contributed by atoms with van der Waals surface area (Å²) >= 11 is 0. The van der Waals surface area contributed by atoms with Crippen molar-refractivity contribution in [3.8, 4) is 0 Å². The van der Waals surface area contributed by atoms with Crippen molar-refractivity contribution < 1.29 is 4.39 Å². The van der Waals surface area contributed by atoms with Crippen molar-refractivity contribution in [1.82, 2.24) is 0 Å².